The lowest BCUT2D eigenvalue weighted by Crippen LogP contribution is -2.35. The van der Waals surface area contributed by atoms with Crippen molar-refractivity contribution in [3.05, 3.63) is 58.8 Å². The van der Waals surface area contributed by atoms with Crippen LogP contribution in [-0.2, 0) is 16.1 Å². The fourth-order valence-corrected chi connectivity index (χ4v) is 3.04. The van der Waals surface area contributed by atoms with Crippen molar-refractivity contribution in [1.82, 2.24) is 15.2 Å². The van der Waals surface area contributed by atoms with Gasteiger partial charge in [-0.05, 0) is 24.3 Å². The quantitative estimate of drug-likeness (QED) is 0.456. The number of hydrogen-bond acceptors (Lipinski definition) is 4. The molecule has 1 aromatic heterocycles. The van der Waals surface area contributed by atoms with Crippen molar-refractivity contribution in [3.63, 3.8) is 0 Å². The molecule has 0 aliphatic rings. The molecule has 0 fully saturated rings. The summed E-state index contributed by atoms with van der Waals surface area (Å²) in [7, 11) is 1.66. The number of carbonyl (C=O) groups is 1. The number of ether oxygens (including phenoxy) is 1. The maximum Gasteiger partial charge on any atom is 0.240 e. The Hall–Kier alpha value is -2.41. The minimum Gasteiger partial charge on any atom is -0.383 e. The van der Waals surface area contributed by atoms with E-state index in [0.717, 1.165) is 17.6 Å². The van der Waals surface area contributed by atoms with Crippen molar-refractivity contribution in [2.45, 2.75) is 6.54 Å². The number of fused-ring (bicyclic) bond motifs is 2. The topological polar surface area (TPSA) is 72.4 Å². The molecule has 0 unspecified atom stereocenters. The first-order valence-electron chi connectivity index (χ1n) is 8.69. The molecule has 3 aromatic rings. The highest BCUT2D eigenvalue weighted by molar-refractivity contribution is 5.94. The first-order chi connectivity index (χ1) is 12.7. The molecule has 0 aliphatic carbocycles. The lowest BCUT2D eigenvalue weighted by Gasteiger charge is -2.15. The van der Waals surface area contributed by atoms with Crippen LogP contribution in [0.5, 0.6) is 0 Å². The average Bonchev–Trinajstić information content (AvgIpc) is 2.68. The van der Waals surface area contributed by atoms with Gasteiger partial charge < -0.3 is 19.9 Å². The zero-order valence-electron chi connectivity index (χ0n) is 15.2. The zero-order chi connectivity index (χ0) is 18.4. The van der Waals surface area contributed by atoms with Gasteiger partial charge in [0.1, 0.15) is 6.54 Å². The van der Waals surface area contributed by atoms with Gasteiger partial charge in [-0.2, -0.15) is 0 Å². The van der Waals surface area contributed by atoms with Crippen LogP contribution in [0, 0.1) is 0 Å². The van der Waals surface area contributed by atoms with Crippen molar-refractivity contribution in [3.8, 4) is 0 Å². The average molecular weight is 390 g/mol. The van der Waals surface area contributed by atoms with Crippen molar-refractivity contribution in [1.29, 1.82) is 0 Å². The molecule has 0 radical (unpaired) electrons. The molecule has 0 spiro atoms. The molecule has 1 heterocycles. The number of aromatic nitrogens is 1. The van der Waals surface area contributed by atoms with E-state index in [1.807, 2.05) is 41.0 Å². The van der Waals surface area contributed by atoms with E-state index in [4.69, 9.17) is 4.74 Å². The molecule has 144 valence electrons. The van der Waals surface area contributed by atoms with E-state index in [1.54, 1.807) is 19.2 Å². The van der Waals surface area contributed by atoms with Crippen molar-refractivity contribution < 1.29 is 9.53 Å². The van der Waals surface area contributed by atoms with Gasteiger partial charge >= 0.3 is 0 Å². The Kier molecular flexibility index (Phi) is 7.79. The van der Waals surface area contributed by atoms with Gasteiger partial charge in [0.05, 0.1) is 17.6 Å². The number of halogens is 1. The van der Waals surface area contributed by atoms with Crippen molar-refractivity contribution in [2.24, 2.45) is 0 Å². The smallest absolute Gasteiger partial charge is 0.240 e. The van der Waals surface area contributed by atoms with Gasteiger partial charge in [0.25, 0.3) is 0 Å². The van der Waals surface area contributed by atoms with Gasteiger partial charge in [-0.15, -0.1) is 12.4 Å². The van der Waals surface area contributed by atoms with Gasteiger partial charge in [-0.1, -0.05) is 24.3 Å². The Morgan fingerprint density at radius 2 is 1.56 bits per heavy atom. The SMILES string of the molecule is COCCNCCNC(=O)Cn1c2ccccc2c(=O)c2ccccc21.Cl. The molecule has 0 saturated carbocycles. The number of nitrogens with zero attached hydrogens (tertiary/aromatic N) is 1. The minimum atomic E-state index is -0.0857. The van der Waals surface area contributed by atoms with Crippen LogP contribution in [0.1, 0.15) is 0 Å². The first kappa shape index (κ1) is 20.9. The largest absolute Gasteiger partial charge is 0.383 e. The second kappa shape index (κ2) is 10.1. The van der Waals surface area contributed by atoms with E-state index < -0.39 is 0 Å². The third kappa shape index (κ3) is 4.86. The highest BCUT2D eigenvalue weighted by atomic mass is 35.5. The summed E-state index contributed by atoms with van der Waals surface area (Å²) in [5.74, 6) is -0.0857. The molecule has 0 saturated heterocycles. The number of rotatable bonds is 8. The fourth-order valence-electron chi connectivity index (χ4n) is 3.04. The molecule has 27 heavy (non-hydrogen) atoms. The maximum absolute atomic E-state index is 12.7. The van der Waals surface area contributed by atoms with Crippen molar-refractivity contribution in [2.75, 3.05) is 33.4 Å². The van der Waals surface area contributed by atoms with E-state index in [9.17, 15) is 9.59 Å². The monoisotopic (exact) mass is 389 g/mol. The molecule has 0 atom stereocenters. The lowest BCUT2D eigenvalue weighted by atomic mass is 10.1. The number of nitrogens with one attached hydrogen (secondary N) is 2. The number of carbonyl (C=O) groups excluding carboxylic acids is 1. The molecule has 2 aromatic carbocycles. The summed E-state index contributed by atoms with van der Waals surface area (Å²) in [6.45, 7) is 2.78. The van der Waals surface area contributed by atoms with E-state index >= 15 is 0 Å². The minimum absolute atomic E-state index is 0. The van der Waals surface area contributed by atoms with Crippen LogP contribution in [0.25, 0.3) is 21.8 Å². The van der Waals surface area contributed by atoms with Crippen LogP contribution in [0.4, 0.5) is 0 Å². The Morgan fingerprint density at radius 3 is 2.15 bits per heavy atom. The summed E-state index contributed by atoms with van der Waals surface area (Å²) < 4.78 is 6.86. The van der Waals surface area contributed by atoms with Crippen LogP contribution >= 0.6 is 12.4 Å². The number of amides is 1. The fraction of sp³-hybridized carbons (Fsp3) is 0.300. The highest BCUT2D eigenvalue weighted by Gasteiger charge is 2.12. The Morgan fingerprint density at radius 1 is 0.963 bits per heavy atom. The van der Waals surface area contributed by atoms with Crippen LogP contribution in [-0.4, -0.2) is 43.8 Å². The molecule has 2 N–H and O–H groups in total. The van der Waals surface area contributed by atoms with Gasteiger partial charge in [0.2, 0.25) is 5.91 Å². The standard InChI is InChI=1S/C20H23N3O3.ClH/c1-26-13-12-21-10-11-22-19(24)14-23-17-8-4-2-6-15(17)20(25)16-7-3-5-9-18(16)23;/h2-9,21H,10-14H2,1H3,(H,22,24);1H. The van der Waals surface area contributed by atoms with Gasteiger partial charge in [-0.25, -0.2) is 0 Å². The second-order valence-corrected chi connectivity index (χ2v) is 6.04. The summed E-state index contributed by atoms with van der Waals surface area (Å²) in [5, 5.41) is 7.35. The molecule has 0 bridgehead atoms. The third-order valence-electron chi connectivity index (χ3n) is 4.29. The number of benzene rings is 2. The van der Waals surface area contributed by atoms with Crippen LogP contribution in [0.3, 0.4) is 0 Å². The van der Waals surface area contributed by atoms with Gasteiger partial charge in [0, 0.05) is 37.5 Å². The summed E-state index contributed by atoms with van der Waals surface area (Å²) in [6.07, 6.45) is 0. The molecular formula is C20H24ClN3O3. The Labute approximate surface area is 163 Å². The van der Waals surface area contributed by atoms with E-state index in [0.29, 0.717) is 30.5 Å². The zero-order valence-corrected chi connectivity index (χ0v) is 16.1. The lowest BCUT2D eigenvalue weighted by molar-refractivity contribution is -0.121. The van der Waals surface area contributed by atoms with Crippen molar-refractivity contribution >= 4 is 40.1 Å². The number of methoxy groups -OCH3 is 1. The summed E-state index contributed by atoms with van der Waals surface area (Å²) >= 11 is 0. The van der Waals surface area contributed by atoms with Crippen LogP contribution in [0.2, 0.25) is 0 Å². The predicted molar refractivity (Wildman–Crippen MR) is 111 cm³/mol. The van der Waals surface area contributed by atoms with Gasteiger partial charge in [-0.3, -0.25) is 9.59 Å². The van der Waals surface area contributed by atoms with E-state index in [-0.39, 0.29) is 30.3 Å². The summed E-state index contributed by atoms with van der Waals surface area (Å²) in [4.78, 5) is 25.1. The Bertz CT molecular complexity index is 911. The number of para-hydroxylation sites is 2. The predicted octanol–water partition coefficient (Wildman–Crippen LogP) is 1.93. The Balaban J connectivity index is 0.00000261. The second-order valence-electron chi connectivity index (χ2n) is 6.04. The summed E-state index contributed by atoms with van der Waals surface area (Å²) in [6, 6.07) is 14.8. The highest BCUT2D eigenvalue weighted by Crippen LogP contribution is 2.18. The molecule has 3 rings (SSSR count). The van der Waals surface area contributed by atoms with Crippen LogP contribution in [0.15, 0.2) is 53.3 Å². The molecular weight excluding hydrogens is 366 g/mol. The number of hydrogen-bond donors (Lipinski definition) is 2. The molecule has 0 aliphatic heterocycles. The summed E-state index contributed by atoms with van der Waals surface area (Å²) in [5.41, 5.74) is 1.53. The first-order valence-corrected chi connectivity index (χ1v) is 8.69. The normalized spacial score (nSPS) is 10.7. The van der Waals surface area contributed by atoms with Gasteiger partial charge in [0.15, 0.2) is 5.43 Å². The number of pyridine rings is 1. The van der Waals surface area contributed by atoms with Crippen LogP contribution < -0.4 is 16.1 Å². The molecule has 6 nitrogen and oxygen atoms in total. The third-order valence-corrected chi connectivity index (χ3v) is 4.29. The molecule has 1 amide bonds. The molecule has 7 heteroatoms. The van der Waals surface area contributed by atoms with E-state index in [1.165, 1.54) is 0 Å². The maximum atomic E-state index is 12.7. The van der Waals surface area contributed by atoms with E-state index in [2.05, 4.69) is 10.6 Å².